The number of rotatable bonds is 4. The van der Waals surface area contributed by atoms with Crippen molar-refractivity contribution in [3.05, 3.63) is 99.2 Å². The largest absolute Gasteiger partial charge is 0.508 e. The maximum Gasteiger partial charge on any atom is 0.266 e. The van der Waals surface area contributed by atoms with Crippen molar-refractivity contribution in [1.82, 2.24) is 15.2 Å². The number of hydrazine groups is 1. The lowest BCUT2D eigenvalue weighted by Gasteiger charge is -2.40. The molecule has 9 heteroatoms. The Bertz CT molecular complexity index is 1470. The van der Waals surface area contributed by atoms with Gasteiger partial charge < -0.3 is 10.8 Å². The molecule has 2 aromatic carbocycles. The average molecular weight is 467 g/mol. The van der Waals surface area contributed by atoms with E-state index in [0.717, 1.165) is 5.56 Å². The van der Waals surface area contributed by atoms with E-state index in [9.17, 15) is 20.0 Å². The molecular formula is C26H22N6O3. The van der Waals surface area contributed by atoms with Crippen LogP contribution in [-0.4, -0.2) is 26.1 Å². The molecule has 0 amide bonds. The van der Waals surface area contributed by atoms with Crippen LogP contribution in [0.5, 0.6) is 5.75 Å². The minimum Gasteiger partial charge on any atom is -0.508 e. The van der Waals surface area contributed by atoms with Gasteiger partial charge in [-0.1, -0.05) is 42.5 Å². The number of anilines is 1. The number of nitrogens with two attached hydrogens (primary N) is 1. The maximum absolute atomic E-state index is 13.2. The van der Waals surface area contributed by atoms with Crippen molar-refractivity contribution >= 4 is 11.5 Å². The first-order valence-corrected chi connectivity index (χ1v) is 11.1. The normalized spacial score (nSPS) is 17.7. The molecule has 174 valence electrons. The van der Waals surface area contributed by atoms with Crippen LogP contribution < -0.4 is 16.7 Å². The Balaban J connectivity index is 1.66. The molecule has 9 nitrogen and oxygen atoms in total. The number of ketones is 1. The second-order valence-corrected chi connectivity index (χ2v) is 8.38. The molecule has 1 aliphatic carbocycles. The molecule has 1 aromatic heterocycles. The quantitative estimate of drug-likeness (QED) is 0.458. The van der Waals surface area contributed by atoms with Gasteiger partial charge in [0, 0.05) is 29.3 Å². The number of nitrogens with one attached hydrogen (secondary N) is 2. The number of nitriles is 1. The molecule has 3 aromatic rings. The third-order valence-electron chi connectivity index (χ3n) is 6.23. The number of hydrogen-bond donors (Lipinski definition) is 4. The Morgan fingerprint density at radius 1 is 1.11 bits per heavy atom. The number of carbonyl (C=O) groups excluding carboxylic acids is 1. The molecule has 5 N–H and O–H groups in total. The molecular weight excluding hydrogens is 444 g/mol. The molecule has 0 saturated carbocycles. The molecule has 0 unspecified atom stereocenters. The van der Waals surface area contributed by atoms with E-state index < -0.39 is 11.5 Å². The van der Waals surface area contributed by atoms with Crippen LogP contribution >= 0.6 is 0 Å². The van der Waals surface area contributed by atoms with Crippen LogP contribution in [0.3, 0.4) is 0 Å². The predicted molar refractivity (Wildman–Crippen MR) is 129 cm³/mol. The zero-order valence-corrected chi connectivity index (χ0v) is 18.7. The van der Waals surface area contributed by atoms with E-state index in [-0.39, 0.29) is 22.9 Å². The van der Waals surface area contributed by atoms with Crippen LogP contribution in [0.25, 0.3) is 11.3 Å². The molecule has 1 aliphatic heterocycles. The summed E-state index contributed by atoms with van der Waals surface area (Å²) in [6.07, 6.45) is 1.55. The fourth-order valence-corrected chi connectivity index (χ4v) is 4.64. The second-order valence-electron chi connectivity index (χ2n) is 8.38. The second kappa shape index (κ2) is 8.83. The Kier molecular flexibility index (Phi) is 5.55. The molecule has 35 heavy (non-hydrogen) atoms. The highest BCUT2D eigenvalue weighted by Gasteiger charge is 2.40. The Morgan fingerprint density at radius 3 is 2.57 bits per heavy atom. The van der Waals surface area contributed by atoms with Crippen LogP contribution in [0.4, 0.5) is 5.69 Å². The number of H-pyrrole nitrogens is 1. The van der Waals surface area contributed by atoms with Crippen molar-refractivity contribution in [2.24, 2.45) is 5.73 Å². The van der Waals surface area contributed by atoms with Crippen molar-refractivity contribution in [3.8, 4) is 23.1 Å². The monoisotopic (exact) mass is 466 g/mol. The van der Waals surface area contributed by atoms with E-state index >= 15 is 0 Å². The molecule has 0 spiro atoms. The van der Waals surface area contributed by atoms with Gasteiger partial charge in [-0.15, -0.1) is 0 Å². The molecule has 2 aliphatic rings. The molecule has 1 atom stereocenters. The van der Waals surface area contributed by atoms with Crippen LogP contribution in [0.1, 0.15) is 30.7 Å². The summed E-state index contributed by atoms with van der Waals surface area (Å²) >= 11 is 0. The summed E-state index contributed by atoms with van der Waals surface area (Å²) in [6.45, 7) is 0. The topological polar surface area (TPSA) is 148 Å². The van der Waals surface area contributed by atoms with Gasteiger partial charge in [-0.2, -0.15) is 10.4 Å². The van der Waals surface area contributed by atoms with Gasteiger partial charge in [-0.05, 0) is 30.5 Å². The highest BCUT2D eigenvalue weighted by Crippen LogP contribution is 2.45. The zero-order valence-electron chi connectivity index (χ0n) is 18.7. The molecule has 5 rings (SSSR count). The summed E-state index contributed by atoms with van der Waals surface area (Å²) in [6, 6.07) is 19.3. The van der Waals surface area contributed by atoms with Crippen molar-refractivity contribution in [2.75, 3.05) is 5.43 Å². The van der Waals surface area contributed by atoms with E-state index in [2.05, 4.69) is 21.7 Å². The van der Waals surface area contributed by atoms with Gasteiger partial charge in [0.1, 0.15) is 17.3 Å². The third kappa shape index (κ3) is 3.91. The lowest BCUT2D eigenvalue weighted by Crippen LogP contribution is -2.42. The van der Waals surface area contributed by atoms with Crippen LogP contribution in [-0.2, 0) is 4.79 Å². The van der Waals surface area contributed by atoms with Crippen LogP contribution in [0.2, 0.25) is 0 Å². The highest BCUT2D eigenvalue weighted by atomic mass is 16.3. The van der Waals surface area contributed by atoms with E-state index in [1.165, 1.54) is 23.2 Å². The summed E-state index contributed by atoms with van der Waals surface area (Å²) in [5.41, 5.74) is 13.0. The lowest BCUT2D eigenvalue weighted by atomic mass is 9.76. The Labute approximate surface area is 200 Å². The number of phenols is 1. The van der Waals surface area contributed by atoms with Gasteiger partial charge in [-0.3, -0.25) is 15.0 Å². The summed E-state index contributed by atoms with van der Waals surface area (Å²) < 4.78 is 0. The number of hydrogen-bond acceptors (Lipinski definition) is 8. The first kappa shape index (κ1) is 22.0. The van der Waals surface area contributed by atoms with Gasteiger partial charge in [-0.25, -0.2) is 10.1 Å². The average Bonchev–Trinajstić information content (AvgIpc) is 2.87. The summed E-state index contributed by atoms with van der Waals surface area (Å²) in [5.74, 6) is -0.489. The van der Waals surface area contributed by atoms with Gasteiger partial charge in [0.05, 0.1) is 23.2 Å². The van der Waals surface area contributed by atoms with E-state index in [0.29, 0.717) is 47.5 Å². The van der Waals surface area contributed by atoms with Crippen LogP contribution in [0, 0.1) is 11.3 Å². The zero-order chi connectivity index (χ0) is 24.5. The van der Waals surface area contributed by atoms with Gasteiger partial charge in [0.15, 0.2) is 5.78 Å². The van der Waals surface area contributed by atoms with Crippen molar-refractivity contribution in [2.45, 2.75) is 25.2 Å². The van der Waals surface area contributed by atoms with E-state index in [4.69, 9.17) is 5.73 Å². The fraction of sp³-hybridized carbons (Fsp3) is 0.154. The number of aromatic hydroxyl groups is 1. The predicted octanol–water partition coefficient (Wildman–Crippen LogP) is 3.27. The molecule has 0 bridgehead atoms. The SMILES string of the molecule is N#CC1=C(N)N(Nc2cc(=O)[nH]nc2-c2ccccc2)C2=C(C(=O)CCC2)[C@H]1c1ccc(O)cc1. The van der Waals surface area contributed by atoms with Crippen LogP contribution in [0.15, 0.2) is 88.1 Å². The molecule has 0 radical (unpaired) electrons. The number of allylic oxidation sites excluding steroid dienone is 3. The summed E-state index contributed by atoms with van der Waals surface area (Å²) in [7, 11) is 0. The van der Waals surface area contributed by atoms with Gasteiger partial charge in [0.2, 0.25) is 0 Å². The van der Waals surface area contributed by atoms with Crippen molar-refractivity contribution in [1.29, 1.82) is 5.26 Å². The number of aromatic amines is 1. The van der Waals surface area contributed by atoms with Gasteiger partial charge >= 0.3 is 0 Å². The maximum atomic E-state index is 13.2. The molecule has 0 saturated heterocycles. The molecule has 2 heterocycles. The lowest BCUT2D eigenvalue weighted by molar-refractivity contribution is -0.116. The number of Topliss-reactive ketones (excluding diaryl/α,β-unsaturated/α-hetero) is 1. The number of carbonyl (C=O) groups is 1. The van der Waals surface area contributed by atoms with E-state index in [1.54, 1.807) is 12.1 Å². The first-order valence-electron chi connectivity index (χ1n) is 11.1. The fourth-order valence-electron chi connectivity index (χ4n) is 4.64. The summed E-state index contributed by atoms with van der Waals surface area (Å²) in [4.78, 5) is 25.3. The van der Waals surface area contributed by atoms with E-state index in [1.807, 2.05) is 30.3 Å². The number of aromatic nitrogens is 2. The van der Waals surface area contributed by atoms with Crippen molar-refractivity contribution < 1.29 is 9.90 Å². The smallest absolute Gasteiger partial charge is 0.266 e. The minimum absolute atomic E-state index is 0.0660. The Morgan fingerprint density at radius 2 is 1.86 bits per heavy atom. The number of benzene rings is 2. The third-order valence-corrected chi connectivity index (χ3v) is 6.23. The Hall–Kier alpha value is -4.84. The number of nitrogens with zero attached hydrogens (tertiary/aromatic N) is 3. The standard InChI is InChI=1S/C26H22N6O3/c27-14-18-23(15-9-11-17(33)12-10-15)24-20(7-4-8-21(24)34)32(26(18)28)31-19-13-22(35)29-30-25(19)16-5-2-1-3-6-16/h1-3,5-6,9-13,23,33H,4,7-8,28H2,(H2,29,31,35)/t23-/m0/s1. The number of phenolic OH excluding ortho intramolecular Hbond substituents is 1. The molecule has 0 fully saturated rings. The minimum atomic E-state index is -0.646. The summed E-state index contributed by atoms with van der Waals surface area (Å²) in [5, 5.41) is 28.0. The van der Waals surface area contributed by atoms with Crippen molar-refractivity contribution in [3.63, 3.8) is 0 Å². The highest BCUT2D eigenvalue weighted by molar-refractivity contribution is 6.00. The van der Waals surface area contributed by atoms with Gasteiger partial charge in [0.25, 0.3) is 5.56 Å². The first-order chi connectivity index (χ1) is 17.0.